The number of nitrogens with one attached hydrogen (secondary N) is 1. The number of sulfonamides is 1. The normalized spacial score (nSPS) is 30.0. The topological polar surface area (TPSA) is 149 Å². The predicted octanol–water partition coefficient (Wildman–Crippen LogP) is 5.79. The average molecular weight is 752 g/mol. The van der Waals surface area contributed by atoms with Crippen molar-refractivity contribution in [1.82, 2.24) is 14.6 Å². The van der Waals surface area contributed by atoms with Crippen LogP contribution in [0.4, 0.5) is 4.39 Å². The summed E-state index contributed by atoms with van der Waals surface area (Å²) in [6.07, 6.45) is 9.46. The molecular formula is C40H50FN3O8S. The molecule has 0 bridgehead atoms. The van der Waals surface area contributed by atoms with Crippen molar-refractivity contribution >= 4 is 44.5 Å². The minimum absolute atomic E-state index is 0.0751. The largest absolute Gasteiger partial charge is 0.483 e. The van der Waals surface area contributed by atoms with Gasteiger partial charge in [-0.2, -0.15) is 0 Å². The molecule has 53 heavy (non-hydrogen) atoms. The molecule has 2 amide bonds. The van der Waals surface area contributed by atoms with Gasteiger partial charge in [-0.25, -0.2) is 17.8 Å². The molecule has 1 aromatic heterocycles. The number of carbonyl (C=O) groups excluding carboxylic acids is 4. The van der Waals surface area contributed by atoms with Gasteiger partial charge in [0.1, 0.15) is 28.3 Å². The molecule has 4 heterocycles. The van der Waals surface area contributed by atoms with Gasteiger partial charge in [0.15, 0.2) is 5.78 Å². The summed E-state index contributed by atoms with van der Waals surface area (Å²) in [4.78, 5) is 62.4. The number of allylic oxidation sites excluding steroid dienone is 2. The molecule has 11 nitrogen and oxygen atoms in total. The number of ether oxygens (including phenoxy) is 2. The first-order valence-corrected chi connectivity index (χ1v) is 20.6. The number of fused-ring (bicyclic) bond motifs is 5. The van der Waals surface area contributed by atoms with Gasteiger partial charge >= 0.3 is 5.97 Å². The van der Waals surface area contributed by atoms with Crippen LogP contribution in [0.5, 0.6) is 5.75 Å². The fourth-order valence-electron chi connectivity index (χ4n) is 8.63. The zero-order valence-electron chi connectivity index (χ0n) is 31.0. The lowest BCUT2D eigenvalue weighted by molar-refractivity contribution is -0.159. The second kappa shape index (κ2) is 13.8. The number of aromatic nitrogens is 1. The van der Waals surface area contributed by atoms with Gasteiger partial charge in [-0.3, -0.25) is 23.9 Å². The van der Waals surface area contributed by atoms with E-state index in [1.165, 1.54) is 6.07 Å². The Bertz CT molecular complexity index is 1990. The highest BCUT2D eigenvalue weighted by Crippen LogP contribution is 2.58. The molecule has 3 aliphatic heterocycles. The fourth-order valence-corrected chi connectivity index (χ4v) is 10.0. The molecule has 5 atom stereocenters. The van der Waals surface area contributed by atoms with Gasteiger partial charge in [-0.1, -0.05) is 37.1 Å². The molecule has 2 saturated carbocycles. The van der Waals surface area contributed by atoms with Crippen molar-refractivity contribution in [1.29, 1.82) is 0 Å². The summed E-state index contributed by atoms with van der Waals surface area (Å²) in [6.45, 7) is 7.15. The van der Waals surface area contributed by atoms with Crippen LogP contribution >= 0.6 is 0 Å². The highest BCUT2D eigenvalue weighted by Gasteiger charge is 2.62. The van der Waals surface area contributed by atoms with Gasteiger partial charge in [0, 0.05) is 29.7 Å². The number of amides is 2. The number of pyridine rings is 1. The third kappa shape index (κ3) is 7.59. The maximum atomic E-state index is 14.8. The molecule has 3 fully saturated rings. The molecule has 0 unspecified atom stereocenters. The molecule has 2 aromatic rings. The van der Waals surface area contributed by atoms with Crippen molar-refractivity contribution in [2.75, 3.05) is 6.54 Å². The van der Waals surface area contributed by atoms with E-state index in [0.29, 0.717) is 61.8 Å². The standard InChI is InChI=1S/C40H50FN3O8S/c1-24-35-29(28-13-10-14-30(41)34(28)42-24)17-18-39(52-35)21-31-32(45)22-40(37(48)43-53(49,50)27-15-16-27)20-26(40)12-9-7-5-6-8-11-25(36(47)44(31)23-39)19-33(46)51-38(2,3)4/h9-10,12-14,25-27,31H,5-8,11,15-23H2,1-4H3,(H,43,48)/b12-9-/t25-,26-,31+,39-,40-/m1/s1. The Balaban J connectivity index is 1.23. The maximum absolute atomic E-state index is 14.8. The number of ketones is 1. The lowest BCUT2D eigenvalue weighted by Crippen LogP contribution is -2.47. The summed E-state index contributed by atoms with van der Waals surface area (Å²) < 4.78 is 55.3. The van der Waals surface area contributed by atoms with E-state index in [-0.39, 0.29) is 48.9 Å². The van der Waals surface area contributed by atoms with Crippen LogP contribution in [0.15, 0.2) is 30.4 Å². The lowest BCUT2D eigenvalue weighted by atomic mass is 9.85. The molecule has 5 aliphatic rings. The van der Waals surface area contributed by atoms with Gasteiger partial charge in [0.25, 0.3) is 0 Å². The third-order valence-electron chi connectivity index (χ3n) is 11.6. The average Bonchev–Trinajstić information content (AvgIpc) is 4.01. The molecule has 1 aromatic carbocycles. The number of Topliss-reactive ketones (excluding diaryl/α,β-unsaturated/α-hetero) is 1. The Labute approximate surface area is 310 Å². The van der Waals surface area contributed by atoms with Crippen molar-refractivity contribution in [2.24, 2.45) is 17.3 Å². The van der Waals surface area contributed by atoms with E-state index in [4.69, 9.17) is 9.47 Å². The molecule has 7 rings (SSSR count). The van der Waals surface area contributed by atoms with E-state index in [1.54, 1.807) is 38.7 Å². The zero-order valence-corrected chi connectivity index (χ0v) is 31.9. The second-order valence-electron chi connectivity index (χ2n) is 17.0. The maximum Gasteiger partial charge on any atom is 0.307 e. The summed E-state index contributed by atoms with van der Waals surface area (Å²) in [5, 5.41) is 0.0518. The number of para-hydroxylation sites is 1. The fraction of sp³-hybridized carbons (Fsp3) is 0.625. The zero-order chi connectivity index (χ0) is 37.9. The van der Waals surface area contributed by atoms with Crippen LogP contribution in [0.2, 0.25) is 0 Å². The quantitative estimate of drug-likeness (QED) is 0.296. The van der Waals surface area contributed by atoms with Crippen LogP contribution in [0, 0.1) is 30.0 Å². The third-order valence-corrected chi connectivity index (χ3v) is 13.5. The van der Waals surface area contributed by atoms with E-state index in [2.05, 4.69) is 9.71 Å². The first-order chi connectivity index (χ1) is 25.0. The summed E-state index contributed by atoms with van der Waals surface area (Å²) in [5.74, 6) is -2.83. The van der Waals surface area contributed by atoms with E-state index in [1.807, 2.05) is 18.2 Å². The van der Waals surface area contributed by atoms with E-state index in [9.17, 15) is 32.0 Å². The van der Waals surface area contributed by atoms with Crippen LogP contribution in [0.25, 0.3) is 10.9 Å². The van der Waals surface area contributed by atoms with Crippen LogP contribution in [-0.2, 0) is 40.4 Å². The molecule has 1 spiro atoms. The van der Waals surface area contributed by atoms with Crippen molar-refractivity contribution in [3.05, 3.63) is 47.4 Å². The minimum Gasteiger partial charge on any atom is -0.483 e. The van der Waals surface area contributed by atoms with Crippen molar-refractivity contribution < 1.29 is 41.5 Å². The summed E-state index contributed by atoms with van der Waals surface area (Å²) in [6, 6.07) is 3.84. The van der Waals surface area contributed by atoms with Crippen molar-refractivity contribution in [3.63, 3.8) is 0 Å². The molecule has 2 aliphatic carbocycles. The van der Waals surface area contributed by atoms with Crippen molar-refractivity contribution in [3.8, 4) is 5.75 Å². The second-order valence-corrected chi connectivity index (χ2v) is 18.9. The van der Waals surface area contributed by atoms with E-state index >= 15 is 0 Å². The van der Waals surface area contributed by atoms with Crippen LogP contribution < -0.4 is 9.46 Å². The summed E-state index contributed by atoms with van der Waals surface area (Å²) in [7, 11) is -3.85. The molecule has 286 valence electrons. The van der Waals surface area contributed by atoms with Gasteiger partial charge in [-0.15, -0.1) is 0 Å². The Morgan fingerprint density at radius 3 is 2.62 bits per heavy atom. The highest BCUT2D eigenvalue weighted by atomic mass is 32.2. The minimum atomic E-state index is -3.85. The number of aryl methyl sites for hydroxylation is 2. The monoisotopic (exact) mass is 751 g/mol. The smallest absolute Gasteiger partial charge is 0.307 e. The Morgan fingerprint density at radius 2 is 1.89 bits per heavy atom. The Hall–Kier alpha value is -3.87. The Kier molecular flexibility index (Phi) is 9.73. The Morgan fingerprint density at radius 1 is 1.11 bits per heavy atom. The molecule has 13 heteroatoms. The molecule has 1 N–H and O–H groups in total. The number of benzene rings is 1. The number of nitrogens with zero attached hydrogens (tertiary/aromatic N) is 2. The predicted molar refractivity (Wildman–Crippen MR) is 195 cm³/mol. The molecule has 0 radical (unpaired) electrons. The number of hydrogen-bond donors (Lipinski definition) is 1. The SMILES string of the molecule is Cc1nc2c(F)cccc2c2c1O[C@]1(CC2)C[C@H]2C(=O)C[C@]3(C(=O)NS(=O)(=O)C4CC4)C[C@H]3/C=C\CCCCC[C@H](CC(=O)OC(C)(C)C)C(=O)N2C1. The van der Waals surface area contributed by atoms with Crippen molar-refractivity contribution in [2.45, 2.75) is 134 Å². The summed E-state index contributed by atoms with van der Waals surface area (Å²) >= 11 is 0. The van der Waals surface area contributed by atoms with Crippen LogP contribution in [-0.4, -0.2) is 70.9 Å². The number of rotatable bonds is 5. The van der Waals surface area contributed by atoms with Gasteiger partial charge < -0.3 is 14.4 Å². The highest BCUT2D eigenvalue weighted by molar-refractivity contribution is 7.90. The lowest BCUT2D eigenvalue weighted by Gasteiger charge is -2.36. The van der Waals surface area contributed by atoms with Crippen LogP contribution in [0.1, 0.15) is 109 Å². The molecule has 1 saturated heterocycles. The number of esters is 1. The van der Waals surface area contributed by atoms with Gasteiger partial charge in [0.05, 0.1) is 35.4 Å². The van der Waals surface area contributed by atoms with Crippen LogP contribution in [0.3, 0.4) is 0 Å². The van der Waals surface area contributed by atoms with E-state index < -0.39 is 61.5 Å². The van der Waals surface area contributed by atoms with Gasteiger partial charge in [0.2, 0.25) is 21.8 Å². The first-order valence-electron chi connectivity index (χ1n) is 19.1. The first kappa shape index (κ1) is 37.4. The summed E-state index contributed by atoms with van der Waals surface area (Å²) in [5.41, 5.74) is -1.39. The number of halogens is 1. The van der Waals surface area contributed by atoms with E-state index in [0.717, 1.165) is 24.8 Å². The number of carbonyl (C=O) groups is 4. The number of hydrogen-bond acceptors (Lipinski definition) is 9. The molecular weight excluding hydrogens is 702 g/mol. The van der Waals surface area contributed by atoms with Gasteiger partial charge in [-0.05, 0) is 91.0 Å².